The van der Waals surface area contributed by atoms with Crippen LogP contribution >= 0.6 is 0 Å². The lowest BCUT2D eigenvalue weighted by Crippen LogP contribution is -2.49. The van der Waals surface area contributed by atoms with Crippen LogP contribution in [0.4, 0.5) is 0 Å². The van der Waals surface area contributed by atoms with E-state index >= 15 is 0 Å². The van der Waals surface area contributed by atoms with Crippen molar-refractivity contribution in [1.82, 2.24) is 19.7 Å². The second kappa shape index (κ2) is 5.56. The van der Waals surface area contributed by atoms with Gasteiger partial charge in [-0.05, 0) is 45.1 Å². The number of rotatable bonds is 6. The molecule has 4 rings (SSSR count). The molecule has 3 N–H and O–H groups in total. The van der Waals surface area contributed by atoms with E-state index < -0.39 is 11.5 Å². The minimum absolute atomic E-state index is 0.0339. The summed E-state index contributed by atoms with van der Waals surface area (Å²) in [5.41, 5.74) is 4.29. The summed E-state index contributed by atoms with van der Waals surface area (Å²) in [6, 6.07) is 0.574. The highest BCUT2D eigenvalue weighted by Crippen LogP contribution is 2.44. The zero-order chi connectivity index (χ0) is 16.0. The normalized spacial score (nSPS) is 28.9. The summed E-state index contributed by atoms with van der Waals surface area (Å²) in [7, 11) is 0. The number of hydrogen-bond donors (Lipinski definition) is 2. The third-order valence-corrected chi connectivity index (χ3v) is 5.15. The van der Waals surface area contributed by atoms with Gasteiger partial charge in [-0.1, -0.05) is 0 Å². The number of piperidine rings is 1. The van der Waals surface area contributed by atoms with Gasteiger partial charge in [0.2, 0.25) is 5.91 Å². The molecule has 3 fully saturated rings. The van der Waals surface area contributed by atoms with Gasteiger partial charge in [0.05, 0.1) is 18.6 Å². The van der Waals surface area contributed by atoms with E-state index in [-0.39, 0.29) is 6.42 Å². The molecule has 1 aliphatic heterocycles. The smallest absolute Gasteiger partial charge is 0.220 e. The summed E-state index contributed by atoms with van der Waals surface area (Å²) in [5.74, 6) is 2.33. The summed E-state index contributed by atoms with van der Waals surface area (Å²) >= 11 is 0. The molecular weight excluding hydrogens is 294 g/mol. The number of nitrogens with two attached hydrogens (primary N) is 1. The fourth-order valence-corrected chi connectivity index (χ4v) is 3.81. The first-order valence-corrected chi connectivity index (χ1v) is 8.71. The van der Waals surface area contributed by atoms with Crippen LogP contribution < -0.4 is 5.73 Å². The quantitative estimate of drug-likeness (QED) is 0.804. The maximum Gasteiger partial charge on any atom is 0.220 e. The van der Waals surface area contributed by atoms with E-state index in [1.807, 2.05) is 0 Å². The van der Waals surface area contributed by atoms with E-state index in [4.69, 9.17) is 5.73 Å². The lowest BCUT2D eigenvalue weighted by molar-refractivity contribution is -0.125. The van der Waals surface area contributed by atoms with Gasteiger partial charge in [0.25, 0.3) is 0 Å². The number of aliphatic hydroxyl groups is 1. The van der Waals surface area contributed by atoms with Crippen molar-refractivity contribution in [2.24, 2.45) is 5.73 Å². The van der Waals surface area contributed by atoms with Crippen molar-refractivity contribution in [1.29, 1.82) is 0 Å². The predicted molar refractivity (Wildman–Crippen MR) is 83.5 cm³/mol. The monoisotopic (exact) mass is 319 g/mol. The Labute approximate surface area is 135 Å². The topological polar surface area (TPSA) is 97.3 Å². The van der Waals surface area contributed by atoms with Gasteiger partial charge in [0.1, 0.15) is 11.6 Å². The molecule has 1 aromatic heterocycles. The van der Waals surface area contributed by atoms with Crippen molar-refractivity contribution in [3.63, 3.8) is 0 Å². The lowest BCUT2D eigenvalue weighted by Gasteiger charge is -2.38. The average Bonchev–Trinajstić information content (AvgIpc) is 3.37. The fraction of sp³-hybridized carbons (Fsp3) is 0.812. The van der Waals surface area contributed by atoms with Crippen LogP contribution in [0, 0.1) is 0 Å². The van der Waals surface area contributed by atoms with Gasteiger partial charge in [0, 0.05) is 18.5 Å². The van der Waals surface area contributed by atoms with Crippen LogP contribution in [0.25, 0.3) is 0 Å². The summed E-state index contributed by atoms with van der Waals surface area (Å²) in [5, 5.41) is 19.5. The molecule has 0 radical (unpaired) electrons. The van der Waals surface area contributed by atoms with E-state index in [0.717, 1.165) is 24.6 Å². The molecule has 1 saturated heterocycles. The van der Waals surface area contributed by atoms with Crippen molar-refractivity contribution < 1.29 is 9.90 Å². The Morgan fingerprint density at radius 2 is 2.09 bits per heavy atom. The largest absolute Gasteiger partial charge is 0.388 e. The lowest BCUT2D eigenvalue weighted by atomic mass is 9.89. The molecule has 1 unspecified atom stereocenters. The van der Waals surface area contributed by atoms with Gasteiger partial charge in [-0.25, -0.2) is 0 Å². The van der Waals surface area contributed by atoms with Crippen molar-refractivity contribution in [2.45, 2.75) is 69.1 Å². The summed E-state index contributed by atoms with van der Waals surface area (Å²) in [6.45, 7) is 2.08. The Morgan fingerprint density at radius 3 is 2.74 bits per heavy atom. The maximum atomic E-state index is 11.2. The van der Waals surface area contributed by atoms with E-state index in [9.17, 15) is 9.90 Å². The highest BCUT2D eigenvalue weighted by molar-refractivity contribution is 5.75. The molecule has 7 nitrogen and oxygen atoms in total. The minimum Gasteiger partial charge on any atom is -0.388 e. The Balaban J connectivity index is 1.48. The number of amides is 1. The summed E-state index contributed by atoms with van der Waals surface area (Å²) < 4.78 is 2.35. The van der Waals surface area contributed by atoms with Gasteiger partial charge < -0.3 is 15.4 Å². The molecule has 2 heterocycles. The highest BCUT2D eigenvalue weighted by atomic mass is 16.3. The minimum atomic E-state index is -0.992. The second-order valence-corrected chi connectivity index (χ2v) is 7.53. The number of hydrogen-bond acceptors (Lipinski definition) is 5. The van der Waals surface area contributed by atoms with Crippen molar-refractivity contribution in [2.75, 3.05) is 13.1 Å². The number of carbonyl (C=O) groups is 1. The van der Waals surface area contributed by atoms with Crippen molar-refractivity contribution in [3.8, 4) is 0 Å². The van der Waals surface area contributed by atoms with Gasteiger partial charge in [-0.3, -0.25) is 9.69 Å². The van der Waals surface area contributed by atoms with Crippen LogP contribution in [-0.2, 0) is 11.3 Å². The number of carbonyl (C=O) groups excluding carboxylic acids is 1. The predicted octanol–water partition coefficient (Wildman–Crippen LogP) is 0.693. The molecule has 3 aliphatic rings. The van der Waals surface area contributed by atoms with Crippen LogP contribution in [-0.4, -0.2) is 49.4 Å². The first kappa shape index (κ1) is 15.1. The first-order chi connectivity index (χ1) is 11.0. The first-order valence-electron chi connectivity index (χ1n) is 8.71. The average molecular weight is 319 g/mol. The Kier molecular flexibility index (Phi) is 3.65. The maximum absolute atomic E-state index is 11.2. The molecule has 1 atom stereocenters. The standard InChI is InChI=1S/C16H25N5O2/c17-13(22)8-16(23)6-1-7-20(10-16)9-14-18-19-15(11-2-3-11)21(14)12-4-5-12/h11-12,23H,1-10H2,(H2,17,22). The number of β-amino-alcohol motifs (C(OH)–C–C–N with tert-alkyl or cyclic N) is 1. The molecule has 126 valence electrons. The molecule has 0 aromatic carbocycles. The zero-order valence-corrected chi connectivity index (χ0v) is 13.4. The van der Waals surface area contributed by atoms with Crippen LogP contribution in [0.2, 0.25) is 0 Å². The van der Waals surface area contributed by atoms with Gasteiger partial charge in [-0.15, -0.1) is 10.2 Å². The van der Waals surface area contributed by atoms with Crippen LogP contribution in [0.3, 0.4) is 0 Å². The van der Waals surface area contributed by atoms with Crippen LogP contribution in [0.15, 0.2) is 0 Å². The van der Waals surface area contributed by atoms with E-state index in [1.54, 1.807) is 0 Å². The third kappa shape index (κ3) is 3.26. The number of primary amides is 1. The number of aromatic nitrogens is 3. The molecule has 1 aromatic rings. The molecule has 7 heteroatoms. The third-order valence-electron chi connectivity index (χ3n) is 5.15. The van der Waals surface area contributed by atoms with Crippen molar-refractivity contribution >= 4 is 5.91 Å². The Bertz CT molecular complexity index is 608. The molecule has 2 saturated carbocycles. The van der Waals surface area contributed by atoms with Gasteiger partial charge in [0.15, 0.2) is 0 Å². The fourth-order valence-electron chi connectivity index (χ4n) is 3.81. The molecule has 1 amide bonds. The summed E-state index contributed by atoms with van der Waals surface area (Å²) in [6.07, 6.45) is 6.44. The molecular formula is C16H25N5O2. The Morgan fingerprint density at radius 1 is 1.30 bits per heavy atom. The highest BCUT2D eigenvalue weighted by Gasteiger charge is 2.38. The number of likely N-dealkylation sites (tertiary alicyclic amines) is 1. The van der Waals surface area contributed by atoms with Gasteiger partial charge >= 0.3 is 0 Å². The van der Waals surface area contributed by atoms with E-state index in [0.29, 0.717) is 31.5 Å². The number of nitrogens with zero attached hydrogens (tertiary/aromatic N) is 4. The van der Waals surface area contributed by atoms with E-state index in [1.165, 1.54) is 25.7 Å². The van der Waals surface area contributed by atoms with Crippen LogP contribution in [0.1, 0.15) is 68.6 Å². The molecule has 0 spiro atoms. The molecule has 23 heavy (non-hydrogen) atoms. The van der Waals surface area contributed by atoms with Crippen LogP contribution in [0.5, 0.6) is 0 Å². The second-order valence-electron chi connectivity index (χ2n) is 7.53. The summed E-state index contributed by atoms with van der Waals surface area (Å²) in [4.78, 5) is 13.4. The SMILES string of the molecule is NC(=O)CC1(O)CCCN(Cc2nnc(C3CC3)n2C2CC2)C1. The Hall–Kier alpha value is -1.47. The van der Waals surface area contributed by atoms with E-state index in [2.05, 4.69) is 19.7 Å². The van der Waals surface area contributed by atoms with Crippen molar-refractivity contribution in [3.05, 3.63) is 11.6 Å². The molecule has 2 aliphatic carbocycles. The van der Waals surface area contributed by atoms with Gasteiger partial charge in [-0.2, -0.15) is 0 Å². The zero-order valence-electron chi connectivity index (χ0n) is 13.4. The molecule has 0 bridgehead atoms.